The topological polar surface area (TPSA) is 49.0 Å². The van der Waals surface area contributed by atoms with Crippen LogP contribution in [0.2, 0.25) is 0 Å². The third-order valence-electron chi connectivity index (χ3n) is 3.69. The highest BCUT2D eigenvalue weighted by Crippen LogP contribution is 2.07. The minimum atomic E-state index is -0.0636. The summed E-state index contributed by atoms with van der Waals surface area (Å²) in [5.41, 5.74) is 1.98. The van der Waals surface area contributed by atoms with Crippen LogP contribution in [0.15, 0.2) is 59.4 Å². The molecule has 0 saturated heterocycles. The summed E-state index contributed by atoms with van der Waals surface area (Å²) in [4.78, 5) is 21.7. The normalized spacial score (nSPS) is 11.2. The largest absolute Gasteiger partial charge is 0.310 e. The van der Waals surface area contributed by atoms with Gasteiger partial charge in [0.25, 0.3) is 5.56 Å². The lowest BCUT2D eigenvalue weighted by atomic mass is 10.2. The van der Waals surface area contributed by atoms with Crippen LogP contribution in [0.25, 0.3) is 10.9 Å². The molecule has 3 aromatic rings. The Balaban J connectivity index is 1.67. The van der Waals surface area contributed by atoms with E-state index in [-0.39, 0.29) is 5.56 Å². The van der Waals surface area contributed by atoms with E-state index in [4.69, 9.17) is 0 Å². The van der Waals surface area contributed by atoms with Crippen molar-refractivity contribution < 1.29 is 0 Å². The number of nitrogens with zero attached hydrogens (tertiary/aromatic N) is 2. The van der Waals surface area contributed by atoms with E-state index in [1.54, 1.807) is 6.07 Å². The second-order valence-electron chi connectivity index (χ2n) is 5.50. The van der Waals surface area contributed by atoms with E-state index in [1.165, 1.54) is 5.56 Å². The fourth-order valence-corrected chi connectivity index (χ4v) is 2.52. The SMILES string of the molecule is CN(CCc1nc2ccccc2c(=O)[nH]1)Cc1ccccc1. The van der Waals surface area contributed by atoms with E-state index >= 15 is 0 Å². The van der Waals surface area contributed by atoms with Gasteiger partial charge in [-0.25, -0.2) is 4.98 Å². The second-order valence-corrected chi connectivity index (χ2v) is 5.50. The fraction of sp³-hybridized carbons (Fsp3) is 0.222. The molecule has 0 aliphatic carbocycles. The van der Waals surface area contributed by atoms with Gasteiger partial charge in [0.05, 0.1) is 10.9 Å². The number of likely N-dealkylation sites (N-methyl/N-ethyl adjacent to an activating group) is 1. The molecule has 4 heteroatoms. The predicted molar refractivity (Wildman–Crippen MR) is 88.8 cm³/mol. The molecule has 0 aliphatic heterocycles. The monoisotopic (exact) mass is 293 g/mol. The molecule has 1 heterocycles. The Kier molecular flexibility index (Phi) is 4.30. The van der Waals surface area contributed by atoms with Crippen molar-refractivity contribution in [2.24, 2.45) is 0 Å². The number of hydrogen-bond acceptors (Lipinski definition) is 3. The van der Waals surface area contributed by atoms with Crippen LogP contribution < -0.4 is 5.56 Å². The molecule has 0 aliphatic rings. The van der Waals surface area contributed by atoms with Crippen LogP contribution in [0.3, 0.4) is 0 Å². The standard InChI is InChI=1S/C18H19N3O/c1-21(13-14-7-3-2-4-8-14)12-11-17-19-16-10-6-5-9-15(16)18(22)20-17/h2-10H,11-13H2,1H3,(H,19,20,22). The number of para-hydroxylation sites is 1. The van der Waals surface area contributed by atoms with Crippen molar-refractivity contribution in [1.82, 2.24) is 14.9 Å². The summed E-state index contributed by atoms with van der Waals surface area (Å²) in [6.45, 7) is 1.73. The van der Waals surface area contributed by atoms with Crippen LogP contribution in [0.4, 0.5) is 0 Å². The molecule has 0 spiro atoms. The van der Waals surface area contributed by atoms with E-state index < -0.39 is 0 Å². The zero-order valence-corrected chi connectivity index (χ0v) is 12.6. The fourth-order valence-electron chi connectivity index (χ4n) is 2.52. The average molecular weight is 293 g/mol. The number of H-pyrrole nitrogens is 1. The van der Waals surface area contributed by atoms with Gasteiger partial charge in [-0.05, 0) is 24.7 Å². The van der Waals surface area contributed by atoms with Crippen molar-refractivity contribution in [3.05, 3.63) is 76.3 Å². The third kappa shape index (κ3) is 3.40. The van der Waals surface area contributed by atoms with Gasteiger partial charge in [0.2, 0.25) is 0 Å². The van der Waals surface area contributed by atoms with Gasteiger partial charge in [-0.3, -0.25) is 4.79 Å². The number of benzene rings is 2. The number of aromatic amines is 1. The molecule has 1 N–H and O–H groups in total. The highest BCUT2D eigenvalue weighted by Gasteiger charge is 2.05. The van der Waals surface area contributed by atoms with Gasteiger partial charge in [0.15, 0.2) is 0 Å². The molecule has 1 aromatic heterocycles. The summed E-state index contributed by atoms with van der Waals surface area (Å²) in [5, 5.41) is 0.642. The highest BCUT2D eigenvalue weighted by molar-refractivity contribution is 5.77. The maximum atomic E-state index is 12.0. The number of nitrogens with one attached hydrogen (secondary N) is 1. The summed E-state index contributed by atoms with van der Waals surface area (Å²) < 4.78 is 0. The van der Waals surface area contributed by atoms with Gasteiger partial charge < -0.3 is 9.88 Å². The molecule has 2 aromatic carbocycles. The predicted octanol–water partition coefficient (Wildman–Crippen LogP) is 2.60. The first-order valence-corrected chi connectivity index (χ1v) is 7.43. The van der Waals surface area contributed by atoms with Gasteiger partial charge in [0.1, 0.15) is 5.82 Å². The van der Waals surface area contributed by atoms with Crippen LogP contribution in [0, 0.1) is 0 Å². The number of hydrogen-bond donors (Lipinski definition) is 1. The molecule has 0 bridgehead atoms. The van der Waals surface area contributed by atoms with Crippen LogP contribution >= 0.6 is 0 Å². The van der Waals surface area contributed by atoms with Crippen molar-refractivity contribution >= 4 is 10.9 Å². The lowest BCUT2D eigenvalue weighted by molar-refractivity contribution is 0.328. The van der Waals surface area contributed by atoms with Crippen LogP contribution in [0.5, 0.6) is 0 Å². The van der Waals surface area contributed by atoms with Crippen molar-refractivity contribution in [2.75, 3.05) is 13.6 Å². The van der Waals surface area contributed by atoms with E-state index in [1.807, 2.05) is 36.4 Å². The number of fused-ring (bicyclic) bond motifs is 1. The molecular weight excluding hydrogens is 274 g/mol. The maximum absolute atomic E-state index is 12.0. The molecule has 0 atom stereocenters. The first-order chi connectivity index (χ1) is 10.7. The molecule has 112 valence electrons. The first-order valence-electron chi connectivity index (χ1n) is 7.43. The zero-order valence-electron chi connectivity index (χ0n) is 12.6. The lowest BCUT2D eigenvalue weighted by Crippen LogP contribution is -2.22. The number of rotatable bonds is 5. The summed E-state index contributed by atoms with van der Waals surface area (Å²) >= 11 is 0. The Morgan fingerprint density at radius 1 is 1.05 bits per heavy atom. The molecule has 0 radical (unpaired) electrons. The van der Waals surface area contributed by atoms with E-state index in [2.05, 4.69) is 34.0 Å². The Hall–Kier alpha value is -2.46. The average Bonchev–Trinajstić information content (AvgIpc) is 2.54. The van der Waals surface area contributed by atoms with Gasteiger partial charge in [-0.15, -0.1) is 0 Å². The van der Waals surface area contributed by atoms with E-state index in [0.29, 0.717) is 5.39 Å². The molecule has 0 saturated carbocycles. The lowest BCUT2D eigenvalue weighted by Gasteiger charge is -2.16. The molecule has 0 amide bonds. The summed E-state index contributed by atoms with van der Waals surface area (Å²) in [5.74, 6) is 0.739. The Morgan fingerprint density at radius 2 is 1.77 bits per heavy atom. The molecular formula is C18H19N3O. The van der Waals surface area contributed by atoms with Gasteiger partial charge in [0, 0.05) is 19.5 Å². The molecule has 3 rings (SSSR count). The quantitative estimate of drug-likeness (QED) is 0.786. The molecule has 4 nitrogen and oxygen atoms in total. The molecule has 0 fully saturated rings. The second kappa shape index (κ2) is 6.54. The van der Waals surface area contributed by atoms with Gasteiger partial charge in [-0.1, -0.05) is 42.5 Å². The Morgan fingerprint density at radius 3 is 2.59 bits per heavy atom. The van der Waals surface area contributed by atoms with Gasteiger partial charge >= 0.3 is 0 Å². The molecule has 22 heavy (non-hydrogen) atoms. The first kappa shape index (κ1) is 14.5. The van der Waals surface area contributed by atoms with Gasteiger partial charge in [-0.2, -0.15) is 0 Å². The van der Waals surface area contributed by atoms with Crippen molar-refractivity contribution in [2.45, 2.75) is 13.0 Å². The summed E-state index contributed by atoms with van der Waals surface area (Å²) in [6.07, 6.45) is 0.726. The van der Waals surface area contributed by atoms with Crippen LogP contribution in [0.1, 0.15) is 11.4 Å². The minimum absolute atomic E-state index is 0.0636. The minimum Gasteiger partial charge on any atom is -0.310 e. The van der Waals surface area contributed by atoms with E-state index in [0.717, 1.165) is 30.9 Å². The van der Waals surface area contributed by atoms with Crippen molar-refractivity contribution in [3.63, 3.8) is 0 Å². The number of aromatic nitrogens is 2. The zero-order chi connectivity index (χ0) is 15.4. The Labute approximate surface area is 129 Å². The Bertz CT molecular complexity index is 811. The van der Waals surface area contributed by atoms with E-state index in [9.17, 15) is 4.79 Å². The van der Waals surface area contributed by atoms with Crippen molar-refractivity contribution in [1.29, 1.82) is 0 Å². The smallest absolute Gasteiger partial charge is 0.258 e. The van der Waals surface area contributed by atoms with Crippen LogP contribution in [-0.4, -0.2) is 28.5 Å². The van der Waals surface area contributed by atoms with Crippen LogP contribution in [-0.2, 0) is 13.0 Å². The summed E-state index contributed by atoms with van der Waals surface area (Å²) in [6, 6.07) is 17.8. The summed E-state index contributed by atoms with van der Waals surface area (Å²) in [7, 11) is 2.08. The molecule has 0 unspecified atom stereocenters. The third-order valence-corrected chi connectivity index (χ3v) is 3.69. The highest BCUT2D eigenvalue weighted by atomic mass is 16.1. The van der Waals surface area contributed by atoms with Crippen molar-refractivity contribution in [3.8, 4) is 0 Å². The maximum Gasteiger partial charge on any atom is 0.258 e.